The van der Waals surface area contributed by atoms with E-state index in [0.717, 1.165) is 10.8 Å². The predicted molar refractivity (Wildman–Crippen MR) is 93.6 cm³/mol. The molecule has 0 fully saturated rings. The average Bonchev–Trinajstić information content (AvgIpc) is 2.94. The number of thioether (sulfide) groups is 1. The maximum Gasteiger partial charge on any atom is 0.226 e. The van der Waals surface area contributed by atoms with Crippen LogP contribution in [0.25, 0.3) is 0 Å². The molecule has 0 radical (unpaired) electrons. The van der Waals surface area contributed by atoms with Crippen LogP contribution in [0.1, 0.15) is 45.1 Å². The number of aromatic nitrogens is 2. The van der Waals surface area contributed by atoms with Gasteiger partial charge in [-0.25, -0.2) is 0 Å². The van der Waals surface area contributed by atoms with E-state index < -0.39 is 0 Å². The number of carbonyl (C=O) groups excluding carboxylic acids is 1. The van der Waals surface area contributed by atoms with Crippen LogP contribution in [0.15, 0.2) is 34.7 Å². The molecule has 2 rings (SSSR count). The molecule has 4 nitrogen and oxygen atoms in total. The van der Waals surface area contributed by atoms with Crippen LogP contribution in [0.5, 0.6) is 0 Å². The summed E-state index contributed by atoms with van der Waals surface area (Å²) in [6.07, 6.45) is 1.53. The Morgan fingerprint density at radius 2 is 2.00 bits per heavy atom. The van der Waals surface area contributed by atoms with Crippen molar-refractivity contribution in [1.29, 1.82) is 0 Å². The summed E-state index contributed by atoms with van der Waals surface area (Å²) in [4.78, 5) is 12.1. The van der Waals surface area contributed by atoms with Crippen LogP contribution in [0.2, 0.25) is 0 Å². The minimum absolute atomic E-state index is 0.0207. The molecule has 2 atom stereocenters. The van der Waals surface area contributed by atoms with Crippen LogP contribution in [0.3, 0.4) is 0 Å². The van der Waals surface area contributed by atoms with Crippen molar-refractivity contribution in [2.75, 3.05) is 5.32 Å². The standard InChI is InChI=1S/C16H21N3OS2/c1-4-12(3)21-16-19-18-15(22-16)17-14(20)10-11(2)13-8-6-5-7-9-13/h5-9,11-12H,4,10H2,1-3H3,(H,17,18,20). The van der Waals surface area contributed by atoms with Crippen LogP contribution in [0.4, 0.5) is 5.13 Å². The van der Waals surface area contributed by atoms with E-state index in [9.17, 15) is 4.79 Å². The van der Waals surface area contributed by atoms with Crippen LogP contribution in [-0.2, 0) is 4.79 Å². The number of amides is 1. The van der Waals surface area contributed by atoms with Gasteiger partial charge in [0.15, 0.2) is 4.34 Å². The third-order valence-electron chi connectivity index (χ3n) is 3.39. The van der Waals surface area contributed by atoms with Gasteiger partial charge in [0.25, 0.3) is 0 Å². The zero-order valence-electron chi connectivity index (χ0n) is 13.1. The number of nitrogens with one attached hydrogen (secondary N) is 1. The molecule has 0 aliphatic heterocycles. The van der Waals surface area contributed by atoms with Gasteiger partial charge in [-0.1, -0.05) is 74.2 Å². The maximum atomic E-state index is 12.1. The highest BCUT2D eigenvalue weighted by molar-refractivity contribution is 8.01. The molecule has 0 bridgehead atoms. The first-order chi connectivity index (χ1) is 10.6. The van der Waals surface area contributed by atoms with E-state index in [0.29, 0.717) is 16.8 Å². The van der Waals surface area contributed by atoms with Gasteiger partial charge in [-0.05, 0) is 17.9 Å². The Kier molecular flexibility index (Phi) is 6.39. The minimum atomic E-state index is -0.0207. The number of hydrogen-bond donors (Lipinski definition) is 1. The first-order valence-electron chi connectivity index (χ1n) is 7.43. The number of carbonyl (C=O) groups is 1. The van der Waals surface area contributed by atoms with Gasteiger partial charge in [-0.3, -0.25) is 4.79 Å². The SMILES string of the molecule is CCC(C)Sc1nnc(NC(=O)CC(C)c2ccccc2)s1. The van der Waals surface area contributed by atoms with Gasteiger partial charge in [-0.2, -0.15) is 0 Å². The molecule has 0 saturated carbocycles. The summed E-state index contributed by atoms with van der Waals surface area (Å²) in [6, 6.07) is 10.1. The van der Waals surface area contributed by atoms with Crippen molar-refractivity contribution in [3.63, 3.8) is 0 Å². The summed E-state index contributed by atoms with van der Waals surface area (Å²) in [5.41, 5.74) is 1.17. The monoisotopic (exact) mass is 335 g/mol. The quantitative estimate of drug-likeness (QED) is 0.595. The van der Waals surface area contributed by atoms with E-state index in [1.54, 1.807) is 11.8 Å². The van der Waals surface area contributed by atoms with Gasteiger partial charge in [0.1, 0.15) is 0 Å². The molecule has 22 heavy (non-hydrogen) atoms. The first kappa shape index (κ1) is 17.0. The molecule has 118 valence electrons. The maximum absolute atomic E-state index is 12.1. The number of hydrogen-bond acceptors (Lipinski definition) is 5. The molecule has 0 spiro atoms. The van der Waals surface area contributed by atoms with E-state index in [-0.39, 0.29) is 11.8 Å². The largest absolute Gasteiger partial charge is 0.300 e. The van der Waals surface area contributed by atoms with E-state index in [1.807, 2.05) is 30.3 Å². The fourth-order valence-corrected chi connectivity index (χ4v) is 3.93. The summed E-state index contributed by atoms with van der Waals surface area (Å²) in [6.45, 7) is 6.36. The normalized spacial score (nSPS) is 13.6. The second-order valence-corrected chi connectivity index (χ2v) is 7.94. The summed E-state index contributed by atoms with van der Waals surface area (Å²) in [5, 5.41) is 12.1. The van der Waals surface area contributed by atoms with Crippen LogP contribution < -0.4 is 5.32 Å². The molecule has 6 heteroatoms. The molecule has 1 aromatic heterocycles. The van der Waals surface area contributed by atoms with Crippen LogP contribution in [-0.4, -0.2) is 21.4 Å². The fourth-order valence-electron chi connectivity index (χ4n) is 1.91. The van der Waals surface area contributed by atoms with E-state index in [4.69, 9.17) is 0 Å². The molecule has 2 aromatic rings. The van der Waals surface area contributed by atoms with E-state index in [1.165, 1.54) is 16.9 Å². The Morgan fingerprint density at radius 3 is 2.68 bits per heavy atom. The first-order valence-corrected chi connectivity index (χ1v) is 9.13. The van der Waals surface area contributed by atoms with Gasteiger partial charge >= 0.3 is 0 Å². The van der Waals surface area contributed by atoms with Crippen LogP contribution >= 0.6 is 23.1 Å². The number of rotatable bonds is 7. The summed E-state index contributed by atoms with van der Waals surface area (Å²) in [5.74, 6) is 0.163. The number of benzene rings is 1. The highest BCUT2D eigenvalue weighted by atomic mass is 32.2. The van der Waals surface area contributed by atoms with Gasteiger partial charge in [-0.15, -0.1) is 10.2 Å². The van der Waals surface area contributed by atoms with Gasteiger partial charge < -0.3 is 5.32 Å². The van der Waals surface area contributed by atoms with E-state index >= 15 is 0 Å². The van der Waals surface area contributed by atoms with Crippen molar-refractivity contribution in [1.82, 2.24) is 10.2 Å². The number of anilines is 1. The molecule has 0 saturated heterocycles. The smallest absolute Gasteiger partial charge is 0.226 e. The summed E-state index contributed by atoms with van der Waals surface area (Å²) in [7, 11) is 0. The highest BCUT2D eigenvalue weighted by Gasteiger charge is 2.14. The lowest BCUT2D eigenvalue weighted by Crippen LogP contribution is -2.14. The predicted octanol–water partition coefficient (Wildman–Crippen LogP) is 4.56. The van der Waals surface area contributed by atoms with Crippen molar-refractivity contribution in [3.8, 4) is 0 Å². The summed E-state index contributed by atoms with van der Waals surface area (Å²) < 4.78 is 0.903. The molecule has 0 aliphatic carbocycles. The summed E-state index contributed by atoms with van der Waals surface area (Å²) >= 11 is 3.13. The molecule has 1 N–H and O–H groups in total. The second-order valence-electron chi connectivity index (χ2n) is 5.27. The van der Waals surface area contributed by atoms with Gasteiger partial charge in [0, 0.05) is 11.7 Å². The van der Waals surface area contributed by atoms with Crippen molar-refractivity contribution >= 4 is 34.1 Å². The fraction of sp³-hybridized carbons (Fsp3) is 0.438. The zero-order valence-corrected chi connectivity index (χ0v) is 14.7. The van der Waals surface area contributed by atoms with Gasteiger partial charge in [0.05, 0.1) is 0 Å². The molecule has 1 heterocycles. The lowest BCUT2D eigenvalue weighted by Gasteiger charge is -2.10. The Hall–Kier alpha value is -1.40. The van der Waals surface area contributed by atoms with Crippen molar-refractivity contribution in [2.45, 2.75) is 49.1 Å². The highest BCUT2D eigenvalue weighted by Crippen LogP contribution is 2.30. The van der Waals surface area contributed by atoms with Crippen molar-refractivity contribution in [2.24, 2.45) is 0 Å². The molecule has 0 aliphatic rings. The topological polar surface area (TPSA) is 54.9 Å². The Labute approximate surface area is 139 Å². The van der Waals surface area contributed by atoms with Gasteiger partial charge in [0.2, 0.25) is 11.0 Å². The Balaban J connectivity index is 1.87. The van der Waals surface area contributed by atoms with Crippen molar-refractivity contribution in [3.05, 3.63) is 35.9 Å². The molecular formula is C16H21N3OS2. The minimum Gasteiger partial charge on any atom is -0.300 e. The number of nitrogens with zero attached hydrogens (tertiary/aromatic N) is 2. The molecular weight excluding hydrogens is 314 g/mol. The average molecular weight is 335 g/mol. The third-order valence-corrected chi connectivity index (χ3v) is 5.58. The van der Waals surface area contributed by atoms with E-state index in [2.05, 4.69) is 36.3 Å². The third kappa shape index (κ3) is 5.10. The lowest BCUT2D eigenvalue weighted by atomic mass is 9.98. The van der Waals surface area contributed by atoms with Crippen LogP contribution in [0, 0.1) is 0 Å². The zero-order chi connectivity index (χ0) is 15.9. The molecule has 1 amide bonds. The Morgan fingerprint density at radius 1 is 1.27 bits per heavy atom. The molecule has 1 aromatic carbocycles. The molecule has 2 unspecified atom stereocenters. The lowest BCUT2D eigenvalue weighted by molar-refractivity contribution is -0.116. The Bertz CT molecular complexity index is 600. The van der Waals surface area contributed by atoms with Crippen molar-refractivity contribution < 1.29 is 4.79 Å². The second kappa shape index (κ2) is 8.29.